The molecule has 3 rings (SSSR count). The van der Waals surface area contributed by atoms with Crippen LogP contribution in [0.4, 0.5) is 5.69 Å². The van der Waals surface area contributed by atoms with Gasteiger partial charge in [0.05, 0.1) is 5.56 Å². The maximum atomic E-state index is 11.6. The SMILES string of the molecule is CCCC(=O)NC(=S)Nc1ccc(-c2nc3ccc(C)cc3o2)c(O)c1. The Morgan fingerprint density at radius 3 is 2.81 bits per heavy atom. The molecule has 26 heavy (non-hydrogen) atoms. The van der Waals surface area contributed by atoms with Crippen molar-refractivity contribution < 1.29 is 14.3 Å². The molecule has 0 atom stereocenters. The summed E-state index contributed by atoms with van der Waals surface area (Å²) in [5.41, 5.74) is 3.50. The minimum absolute atomic E-state index is 0.000891. The average Bonchev–Trinajstić information content (AvgIpc) is 2.97. The van der Waals surface area contributed by atoms with E-state index in [1.165, 1.54) is 6.07 Å². The number of nitrogens with one attached hydrogen (secondary N) is 2. The fraction of sp³-hybridized carbons (Fsp3) is 0.211. The lowest BCUT2D eigenvalue weighted by Gasteiger charge is -2.10. The van der Waals surface area contributed by atoms with Gasteiger partial charge in [-0.05, 0) is 55.4 Å². The predicted octanol–water partition coefficient (Wildman–Crippen LogP) is 4.12. The van der Waals surface area contributed by atoms with E-state index in [1.54, 1.807) is 12.1 Å². The Morgan fingerprint density at radius 1 is 1.27 bits per heavy atom. The lowest BCUT2D eigenvalue weighted by atomic mass is 10.2. The second-order valence-corrected chi connectivity index (χ2v) is 6.38. The molecule has 3 N–H and O–H groups in total. The highest BCUT2D eigenvalue weighted by molar-refractivity contribution is 7.80. The Kier molecular flexibility index (Phi) is 5.18. The number of rotatable bonds is 4. The summed E-state index contributed by atoms with van der Waals surface area (Å²) in [5.74, 6) is 0.196. The minimum Gasteiger partial charge on any atom is -0.507 e. The smallest absolute Gasteiger partial charge is 0.231 e. The van der Waals surface area contributed by atoms with E-state index in [-0.39, 0.29) is 16.8 Å². The number of phenols is 1. The number of aromatic hydroxyl groups is 1. The average molecular weight is 369 g/mol. The Hall–Kier alpha value is -2.93. The van der Waals surface area contributed by atoms with Gasteiger partial charge in [0.25, 0.3) is 0 Å². The summed E-state index contributed by atoms with van der Waals surface area (Å²) in [6, 6.07) is 10.7. The van der Waals surface area contributed by atoms with Crippen LogP contribution in [0.5, 0.6) is 5.75 Å². The third-order valence-electron chi connectivity index (χ3n) is 3.76. The molecule has 1 amide bonds. The number of oxazole rings is 1. The first-order valence-electron chi connectivity index (χ1n) is 8.27. The molecular weight excluding hydrogens is 350 g/mol. The summed E-state index contributed by atoms with van der Waals surface area (Å²) in [4.78, 5) is 16.0. The molecule has 0 aliphatic carbocycles. The van der Waals surface area contributed by atoms with Crippen LogP contribution in [0.1, 0.15) is 25.3 Å². The van der Waals surface area contributed by atoms with Crippen LogP contribution in [0.15, 0.2) is 40.8 Å². The fourth-order valence-electron chi connectivity index (χ4n) is 2.52. The van der Waals surface area contributed by atoms with E-state index >= 15 is 0 Å². The van der Waals surface area contributed by atoms with E-state index in [1.807, 2.05) is 32.0 Å². The highest BCUT2D eigenvalue weighted by Crippen LogP contribution is 2.33. The van der Waals surface area contributed by atoms with Crippen LogP contribution in [0, 0.1) is 6.92 Å². The number of benzene rings is 2. The van der Waals surface area contributed by atoms with Crippen molar-refractivity contribution in [3.63, 3.8) is 0 Å². The molecule has 6 nitrogen and oxygen atoms in total. The number of nitrogens with zero attached hydrogens (tertiary/aromatic N) is 1. The molecule has 1 heterocycles. The Morgan fingerprint density at radius 2 is 2.08 bits per heavy atom. The van der Waals surface area contributed by atoms with Crippen LogP contribution in [0.2, 0.25) is 0 Å². The van der Waals surface area contributed by atoms with Crippen molar-refractivity contribution in [2.45, 2.75) is 26.7 Å². The van der Waals surface area contributed by atoms with Gasteiger partial charge in [-0.15, -0.1) is 0 Å². The van der Waals surface area contributed by atoms with Crippen molar-refractivity contribution in [2.75, 3.05) is 5.32 Å². The molecule has 1 aromatic heterocycles. The predicted molar refractivity (Wildman–Crippen MR) is 105 cm³/mol. The molecule has 2 aromatic carbocycles. The molecule has 0 unspecified atom stereocenters. The summed E-state index contributed by atoms with van der Waals surface area (Å²) in [7, 11) is 0. The van der Waals surface area contributed by atoms with Gasteiger partial charge in [-0.1, -0.05) is 13.0 Å². The number of amides is 1. The minimum atomic E-state index is -0.146. The largest absolute Gasteiger partial charge is 0.507 e. The normalized spacial score (nSPS) is 10.7. The quantitative estimate of drug-likeness (QED) is 0.600. The van der Waals surface area contributed by atoms with E-state index in [0.29, 0.717) is 29.1 Å². The van der Waals surface area contributed by atoms with E-state index in [2.05, 4.69) is 15.6 Å². The van der Waals surface area contributed by atoms with Crippen LogP contribution in [-0.2, 0) is 4.79 Å². The van der Waals surface area contributed by atoms with Gasteiger partial charge < -0.3 is 20.2 Å². The molecule has 0 aliphatic rings. The lowest BCUT2D eigenvalue weighted by Crippen LogP contribution is -2.33. The van der Waals surface area contributed by atoms with Crippen molar-refractivity contribution in [1.82, 2.24) is 10.3 Å². The van der Waals surface area contributed by atoms with Gasteiger partial charge in [0.15, 0.2) is 10.7 Å². The van der Waals surface area contributed by atoms with Gasteiger partial charge in [0, 0.05) is 18.2 Å². The lowest BCUT2D eigenvalue weighted by molar-refractivity contribution is -0.119. The maximum Gasteiger partial charge on any atom is 0.231 e. The molecular formula is C19H19N3O3S. The standard InChI is InChI=1S/C19H19N3O3S/c1-3-4-17(24)22-19(26)20-12-6-7-13(15(23)10-12)18-21-14-8-5-11(2)9-16(14)25-18/h5-10,23H,3-4H2,1-2H3,(H2,20,22,24,26). The molecule has 0 fully saturated rings. The van der Waals surface area contributed by atoms with E-state index in [0.717, 1.165) is 17.5 Å². The number of hydrogen-bond acceptors (Lipinski definition) is 5. The number of hydrogen-bond donors (Lipinski definition) is 3. The van der Waals surface area contributed by atoms with Gasteiger partial charge in [-0.25, -0.2) is 4.98 Å². The van der Waals surface area contributed by atoms with Crippen LogP contribution >= 0.6 is 12.2 Å². The fourth-order valence-corrected chi connectivity index (χ4v) is 2.75. The Labute approximate surface area is 156 Å². The topological polar surface area (TPSA) is 87.4 Å². The molecule has 0 saturated heterocycles. The van der Waals surface area contributed by atoms with E-state index in [9.17, 15) is 9.90 Å². The third-order valence-corrected chi connectivity index (χ3v) is 3.96. The summed E-state index contributed by atoms with van der Waals surface area (Å²) in [6.45, 7) is 3.89. The second-order valence-electron chi connectivity index (χ2n) is 5.97. The molecule has 3 aromatic rings. The van der Waals surface area contributed by atoms with Gasteiger partial charge in [0.2, 0.25) is 11.8 Å². The van der Waals surface area contributed by atoms with E-state index in [4.69, 9.17) is 16.6 Å². The number of fused-ring (bicyclic) bond motifs is 1. The summed E-state index contributed by atoms with van der Waals surface area (Å²) < 4.78 is 5.74. The second kappa shape index (κ2) is 7.53. The number of aryl methyl sites for hydroxylation is 1. The molecule has 134 valence electrons. The van der Waals surface area contributed by atoms with E-state index < -0.39 is 0 Å². The molecule has 0 spiro atoms. The van der Waals surface area contributed by atoms with Crippen molar-refractivity contribution in [3.8, 4) is 17.2 Å². The number of anilines is 1. The van der Waals surface area contributed by atoms with Gasteiger partial charge in [-0.2, -0.15) is 0 Å². The molecule has 7 heteroatoms. The molecule has 0 saturated carbocycles. The van der Waals surface area contributed by atoms with Crippen LogP contribution in [0.3, 0.4) is 0 Å². The third kappa shape index (κ3) is 4.00. The number of carbonyl (C=O) groups is 1. The first kappa shape index (κ1) is 17.9. The van der Waals surface area contributed by atoms with Gasteiger partial charge in [0.1, 0.15) is 11.3 Å². The zero-order valence-corrected chi connectivity index (χ0v) is 15.3. The first-order valence-corrected chi connectivity index (χ1v) is 8.68. The zero-order chi connectivity index (χ0) is 18.7. The summed E-state index contributed by atoms with van der Waals surface area (Å²) in [6.07, 6.45) is 1.15. The Balaban J connectivity index is 1.78. The number of carbonyl (C=O) groups excluding carboxylic acids is 1. The molecule has 0 aliphatic heterocycles. The Bertz CT molecular complexity index is 981. The van der Waals surface area contributed by atoms with Crippen LogP contribution in [0.25, 0.3) is 22.6 Å². The molecule has 0 bridgehead atoms. The number of aromatic nitrogens is 1. The summed E-state index contributed by atoms with van der Waals surface area (Å²) in [5, 5.41) is 16.0. The number of phenolic OH excluding ortho intramolecular Hbond substituents is 1. The van der Waals surface area contributed by atoms with Gasteiger partial charge >= 0.3 is 0 Å². The van der Waals surface area contributed by atoms with Gasteiger partial charge in [-0.3, -0.25) is 4.79 Å². The highest BCUT2D eigenvalue weighted by atomic mass is 32.1. The monoisotopic (exact) mass is 369 g/mol. The number of thiocarbonyl (C=S) groups is 1. The van der Waals surface area contributed by atoms with Crippen molar-refractivity contribution in [2.24, 2.45) is 0 Å². The van der Waals surface area contributed by atoms with Crippen molar-refractivity contribution in [3.05, 3.63) is 42.0 Å². The van der Waals surface area contributed by atoms with Crippen molar-refractivity contribution >= 4 is 40.0 Å². The van der Waals surface area contributed by atoms with Crippen molar-refractivity contribution in [1.29, 1.82) is 0 Å². The van der Waals surface area contributed by atoms with Crippen LogP contribution < -0.4 is 10.6 Å². The summed E-state index contributed by atoms with van der Waals surface area (Å²) >= 11 is 5.10. The maximum absolute atomic E-state index is 11.6. The highest BCUT2D eigenvalue weighted by Gasteiger charge is 2.13. The molecule has 0 radical (unpaired) electrons. The van der Waals surface area contributed by atoms with Crippen LogP contribution in [-0.4, -0.2) is 21.1 Å². The zero-order valence-electron chi connectivity index (χ0n) is 14.5. The first-order chi connectivity index (χ1) is 12.5.